The average Bonchev–Trinajstić information content (AvgIpc) is 2.65. The number of pyridine rings is 1. The van der Waals surface area contributed by atoms with E-state index in [9.17, 15) is 9.59 Å². The predicted octanol–water partition coefficient (Wildman–Crippen LogP) is 4.26. The van der Waals surface area contributed by atoms with Crippen LogP contribution >= 0.6 is 0 Å². The van der Waals surface area contributed by atoms with E-state index in [1.165, 1.54) is 0 Å². The number of aromatic nitrogens is 1. The second kappa shape index (κ2) is 6.89. The minimum absolute atomic E-state index is 0.166. The lowest BCUT2D eigenvalue weighted by atomic mass is 9.90. The van der Waals surface area contributed by atoms with E-state index >= 15 is 0 Å². The number of aryl methyl sites for hydroxylation is 3. The first-order valence-corrected chi connectivity index (χ1v) is 9.20. The third-order valence-electron chi connectivity index (χ3n) is 4.78. The number of ketones is 2. The van der Waals surface area contributed by atoms with E-state index in [1.807, 2.05) is 63.5 Å². The van der Waals surface area contributed by atoms with Crippen molar-refractivity contribution in [1.29, 1.82) is 0 Å². The molecule has 0 bridgehead atoms. The first-order chi connectivity index (χ1) is 13.4. The van der Waals surface area contributed by atoms with E-state index in [-0.39, 0.29) is 11.6 Å². The van der Waals surface area contributed by atoms with Crippen molar-refractivity contribution in [3.8, 4) is 0 Å². The van der Waals surface area contributed by atoms with Gasteiger partial charge in [-0.1, -0.05) is 36.4 Å². The van der Waals surface area contributed by atoms with Crippen molar-refractivity contribution >= 4 is 23.0 Å². The maximum Gasteiger partial charge on any atom is 0.286 e. The van der Waals surface area contributed by atoms with Gasteiger partial charge in [0.05, 0.1) is 0 Å². The normalized spacial score (nSPS) is 13.5. The number of Topliss-reactive ketones (excluding diaryl/α,β-unsaturated/α-hetero) is 2. The van der Waals surface area contributed by atoms with Gasteiger partial charge in [0.2, 0.25) is 5.78 Å². The second-order valence-electron chi connectivity index (χ2n) is 7.22. The standard InChI is InChI=1S/C24H20N2O2/c1-15-7-6-8-18(12-15)25-21-22(26-13-16(2)11-17(3)14-26)24(28)20-10-5-4-9-19(20)23(21)27/h4-14H,1-3H3/p+1. The Morgan fingerprint density at radius 1 is 0.714 bits per heavy atom. The predicted molar refractivity (Wildman–Crippen MR) is 109 cm³/mol. The van der Waals surface area contributed by atoms with Crippen LogP contribution in [0.25, 0.3) is 5.70 Å². The van der Waals surface area contributed by atoms with Gasteiger partial charge < -0.3 is 5.32 Å². The molecule has 1 aromatic heterocycles. The molecule has 3 aromatic rings. The zero-order chi connectivity index (χ0) is 19.8. The van der Waals surface area contributed by atoms with E-state index in [2.05, 4.69) is 5.32 Å². The topological polar surface area (TPSA) is 50.1 Å². The van der Waals surface area contributed by atoms with Gasteiger partial charge in [0.25, 0.3) is 11.5 Å². The number of carbonyl (C=O) groups excluding carboxylic acids is 2. The molecule has 0 fully saturated rings. The second-order valence-corrected chi connectivity index (χ2v) is 7.22. The Labute approximate surface area is 164 Å². The fourth-order valence-corrected chi connectivity index (χ4v) is 3.63. The lowest BCUT2D eigenvalue weighted by molar-refractivity contribution is -0.578. The first-order valence-electron chi connectivity index (χ1n) is 9.20. The van der Waals surface area contributed by atoms with Crippen LogP contribution in [0, 0.1) is 20.8 Å². The molecular formula is C24H21N2O2+. The van der Waals surface area contributed by atoms with E-state index in [1.54, 1.807) is 28.8 Å². The number of rotatable bonds is 3. The third-order valence-corrected chi connectivity index (χ3v) is 4.78. The summed E-state index contributed by atoms with van der Waals surface area (Å²) in [4.78, 5) is 26.7. The molecule has 4 nitrogen and oxygen atoms in total. The number of carbonyl (C=O) groups is 2. The van der Waals surface area contributed by atoms with Gasteiger partial charge in [-0.2, -0.15) is 4.57 Å². The summed E-state index contributed by atoms with van der Waals surface area (Å²) in [5.74, 6) is -0.348. The van der Waals surface area contributed by atoms with Crippen molar-refractivity contribution < 1.29 is 14.2 Å². The van der Waals surface area contributed by atoms with Gasteiger partial charge in [0.15, 0.2) is 18.1 Å². The molecule has 0 amide bonds. The molecule has 0 aliphatic heterocycles. The summed E-state index contributed by atoms with van der Waals surface area (Å²) < 4.78 is 1.76. The fraction of sp³-hybridized carbons (Fsp3) is 0.125. The zero-order valence-electron chi connectivity index (χ0n) is 16.1. The molecule has 0 spiro atoms. The summed E-state index contributed by atoms with van der Waals surface area (Å²) in [6.45, 7) is 5.93. The molecule has 138 valence electrons. The number of hydrogen-bond donors (Lipinski definition) is 1. The number of nitrogens with zero attached hydrogens (tertiary/aromatic N) is 1. The summed E-state index contributed by atoms with van der Waals surface area (Å²) in [5, 5.41) is 3.22. The number of anilines is 1. The Bertz CT molecular complexity index is 1140. The molecular weight excluding hydrogens is 348 g/mol. The highest BCUT2D eigenvalue weighted by Crippen LogP contribution is 2.28. The molecule has 2 aromatic carbocycles. The van der Waals surface area contributed by atoms with Crippen LogP contribution in [0.2, 0.25) is 0 Å². The minimum atomic E-state index is -0.182. The summed E-state index contributed by atoms with van der Waals surface area (Å²) in [6, 6.07) is 16.8. The maximum atomic E-state index is 13.4. The Balaban J connectivity index is 1.95. The minimum Gasteiger partial charge on any atom is -0.347 e. The van der Waals surface area contributed by atoms with Gasteiger partial charge in [0, 0.05) is 27.9 Å². The van der Waals surface area contributed by atoms with Crippen LogP contribution in [0.15, 0.2) is 72.7 Å². The quantitative estimate of drug-likeness (QED) is 0.702. The summed E-state index contributed by atoms with van der Waals surface area (Å²) in [7, 11) is 0. The zero-order valence-corrected chi connectivity index (χ0v) is 16.1. The van der Waals surface area contributed by atoms with Gasteiger partial charge in [-0.25, -0.2) is 0 Å². The van der Waals surface area contributed by atoms with Crippen molar-refractivity contribution in [2.24, 2.45) is 0 Å². The average molecular weight is 369 g/mol. The summed E-state index contributed by atoms with van der Waals surface area (Å²) in [6.07, 6.45) is 3.75. The van der Waals surface area contributed by atoms with Crippen LogP contribution in [0.1, 0.15) is 37.4 Å². The van der Waals surface area contributed by atoms with E-state index in [4.69, 9.17) is 0 Å². The number of hydrogen-bond acceptors (Lipinski definition) is 3. The smallest absolute Gasteiger partial charge is 0.286 e. The molecule has 1 N–H and O–H groups in total. The Morgan fingerprint density at radius 2 is 1.36 bits per heavy atom. The maximum absolute atomic E-state index is 13.4. The molecule has 0 saturated carbocycles. The van der Waals surface area contributed by atoms with Crippen molar-refractivity contribution in [2.75, 3.05) is 5.32 Å². The number of nitrogens with one attached hydrogen (secondary N) is 1. The van der Waals surface area contributed by atoms with Crippen molar-refractivity contribution in [2.45, 2.75) is 20.8 Å². The SMILES string of the molecule is Cc1cccc(NC2=C([n+]3cc(C)cc(C)c3)C(=O)c3ccccc3C2=O)c1. The number of fused-ring (bicyclic) bond motifs is 1. The Kier molecular flexibility index (Phi) is 4.40. The molecule has 4 rings (SSSR count). The molecule has 1 aliphatic rings. The van der Waals surface area contributed by atoms with Crippen LogP contribution in [0.5, 0.6) is 0 Å². The Hall–Kier alpha value is -3.53. The van der Waals surface area contributed by atoms with Crippen LogP contribution < -0.4 is 9.88 Å². The van der Waals surface area contributed by atoms with Crippen LogP contribution in [-0.4, -0.2) is 11.6 Å². The van der Waals surface area contributed by atoms with Gasteiger partial charge >= 0.3 is 0 Å². The van der Waals surface area contributed by atoms with Crippen LogP contribution in [0.3, 0.4) is 0 Å². The van der Waals surface area contributed by atoms with Gasteiger partial charge in [-0.05, 0) is 44.5 Å². The van der Waals surface area contributed by atoms with Crippen LogP contribution in [0.4, 0.5) is 5.69 Å². The monoisotopic (exact) mass is 369 g/mol. The summed E-state index contributed by atoms with van der Waals surface area (Å²) >= 11 is 0. The lowest BCUT2D eigenvalue weighted by Gasteiger charge is -2.19. The first kappa shape index (κ1) is 17.9. The van der Waals surface area contributed by atoms with E-state index < -0.39 is 0 Å². The number of benzene rings is 2. The molecule has 1 heterocycles. The lowest BCUT2D eigenvalue weighted by Crippen LogP contribution is -2.42. The highest BCUT2D eigenvalue weighted by Gasteiger charge is 2.38. The van der Waals surface area contributed by atoms with Crippen LogP contribution in [-0.2, 0) is 0 Å². The highest BCUT2D eigenvalue weighted by molar-refractivity contribution is 6.36. The van der Waals surface area contributed by atoms with Crippen molar-refractivity contribution in [3.63, 3.8) is 0 Å². The van der Waals surface area contributed by atoms with Gasteiger partial charge in [-0.3, -0.25) is 9.59 Å². The molecule has 1 aliphatic carbocycles. The van der Waals surface area contributed by atoms with Crippen molar-refractivity contribution in [1.82, 2.24) is 0 Å². The largest absolute Gasteiger partial charge is 0.347 e. The molecule has 0 saturated heterocycles. The molecule has 28 heavy (non-hydrogen) atoms. The van der Waals surface area contributed by atoms with Gasteiger partial charge in [0.1, 0.15) is 0 Å². The Morgan fingerprint density at radius 3 is 2.00 bits per heavy atom. The number of allylic oxidation sites excluding steroid dienone is 2. The molecule has 0 radical (unpaired) electrons. The molecule has 4 heteroatoms. The summed E-state index contributed by atoms with van der Waals surface area (Å²) in [5.41, 5.74) is 5.38. The van der Waals surface area contributed by atoms with Gasteiger partial charge in [-0.15, -0.1) is 0 Å². The molecule has 0 atom stereocenters. The third kappa shape index (κ3) is 3.14. The fourth-order valence-electron chi connectivity index (χ4n) is 3.63. The van der Waals surface area contributed by atoms with E-state index in [0.29, 0.717) is 22.5 Å². The van der Waals surface area contributed by atoms with Crippen molar-refractivity contribution in [3.05, 3.63) is 101 Å². The highest BCUT2D eigenvalue weighted by atomic mass is 16.1. The molecule has 0 unspecified atom stereocenters. The van der Waals surface area contributed by atoms with E-state index in [0.717, 1.165) is 22.4 Å².